The Morgan fingerprint density at radius 1 is 1.25 bits per heavy atom. The second kappa shape index (κ2) is 10.6. The molecule has 1 aromatic carbocycles. The lowest BCUT2D eigenvalue weighted by molar-refractivity contribution is -0.141. The van der Waals surface area contributed by atoms with Gasteiger partial charge < -0.3 is 10.2 Å². The lowest BCUT2D eigenvalue weighted by Gasteiger charge is -2.43. The number of hydrogen-bond donors (Lipinski definition) is 1. The molecular formula is C23H36ClN3O. The highest BCUT2D eigenvalue weighted by Gasteiger charge is 2.38. The number of rotatable bonds is 7. The predicted octanol–water partition coefficient (Wildman–Crippen LogP) is 3.97. The van der Waals surface area contributed by atoms with Gasteiger partial charge in [-0.05, 0) is 88.7 Å². The van der Waals surface area contributed by atoms with Gasteiger partial charge in [-0.1, -0.05) is 30.7 Å². The first-order chi connectivity index (χ1) is 13.6. The van der Waals surface area contributed by atoms with Crippen molar-refractivity contribution in [3.8, 4) is 0 Å². The molecular weight excluding hydrogens is 370 g/mol. The SMILES string of the molecule is CCN(C(C)Cc1cccc(Cl)c1)C(C(=O)N1CCCCC1)C1CCNCC1. The fraction of sp³-hybridized carbons (Fsp3) is 0.696. The van der Waals surface area contributed by atoms with Gasteiger partial charge in [0, 0.05) is 24.2 Å². The number of piperidine rings is 2. The number of benzene rings is 1. The van der Waals surface area contributed by atoms with Crippen LogP contribution in [0.5, 0.6) is 0 Å². The van der Waals surface area contributed by atoms with Gasteiger partial charge in [-0.2, -0.15) is 0 Å². The lowest BCUT2D eigenvalue weighted by Crippen LogP contribution is -2.57. The van der Waals surface area contributed by atoms with Crippen LogP contribution in [0.2, 0.25) is 5.02 Å². The van der Waals surface area contributed by atoms with Crippen molar-refractivity contribution in [2.24, 2.45) is 5.92 Å². The maximum Gasteiger partial charge on any atom is 0.240 e. The van der Waals surface area contributed by atoms with Gasteiger partial charge in [0.1, 0.15) is 0 Å². The number of nitrogens with zero attached hydrogens (tertiary/aromatic N) is 2. The summed E-state index contributed by atoms with van der Waals surface area (Å²) in [6, 6.07) is 8.44. The second-order valence-corrected chi connectivity index (χ2v) is 8.87. The molecule has 28 heavy (non-hydrogen) atoms. The summed E-state index contributed by atoms with van der Waals surface area (Å²) in [5.74, 6) is 0.809. The molecule has 2 aliphatic heterocycles. The Labute approximate surface area is 175 Å². The molecule has 1 aromatic rings. The summed E-state index contributed by atoms with van der Waals surface area (Å²) in [5, 5.41) is 4.25. The highest BCUT2D eigenvalue weighted by molar-refractivity contribution is 6.30. The van der Waals surface area contributed by atoms with Crippen molar-refractivity contribution in [3.63, 3.8) is 0 Å². The average molecular weight is 406 g/mol. The van der Waals surface area contributed by atoms with Gasteiger partial charge in [0.15, 0.2) is 0 Å². The zero-order valence-electron chi connectivity index (χ0n) is 17.5. The minimum absolute atomic E-state index is 0.000570. The first kappa shape index (κ1) is 21.6. The summed E-state index contributed by atoms with van der Waals surface area (Å²) < 4.78 is 0. The Morgan fingerprint density at radius 2 is 1.96 bits per heavy atom. The maximum absolute atomic E-state index is 13.7. The van der Waals surface area contributed by atoms with Gasteiger partial charge in [-0.15, -0.1) is 0 Å². The Bertz CT molecular complexity index is 626. The van der Waals surface area contributed by atoms with Crippen LogP contribution in [-0.2, 0) is 11.2 Å². The van der Waals surface area contributed by atoms with Gasteiger partial charge in [0.25, 0.3) is 0 Å². The molecule has 0 bridgehead atoms. The van der Waals surface area contributed by atoms with E-state index in [4.69, 9.17) is 11.6 Å². The molecule has 156 valence electrons. The monoisotopic (exact) mass is 405 g/mol. The molecule has 0 aromatic heterocycles. The Hall–Kier alpha value is -1.10. The molecule has 0 aliphatic carbocycles. The Kier molecular flexibility index (Phi) is 8.19. The number of halogens is 1. The third-order valence-electron chi connectivity index (χ3n) is 6.46. The molecule has 0 spiro atoms. The summed E-state index contributed by atoms with van der Waals surface area (Å²) >= 11 is 6.20. The fourth-order valence-electron chi connectivity index (χ4n) is 4.98. The van der Waals surface area contributed by atoms with Crippen LogP contribution in [0.15, 0.2) is 24.3 Å². The zero-order valence-corrected chi connectivity index (χ0v) is 18.3. The third kappa shape index (κ3) is 5.49. The summed E-state index contributed by atoms with van der Waals surface area (Å²) in [6.07, 6.45) is 6.65. The standard InChI is InChI=1S/C23H36ClN3O/c1-3-27(18(2)16-19-8-7-9-21(24)17-19)22(20-10-12-25-13-11-20)23(28)26-14-5-4-6-15-26/h7-9,17-18,20,22,25H,3-6,10-16H2,1-2H3. The van der Waals surface area contributed by atoms with Crippen molar-refractivity contribution in [2.75, 3.05) is 32.7 Å². The van der Waals surface area contributed by atoms with Crippen molar-refractivity contribution < 1.29 is 4.79 Å². The maximum atomic E-state index is 13.7. The lowest BCUT2D eigenvalue weighted by atomic mass is 9.86. The van der Waals surface area contributed by atoms with E-state index in [1.54, 1.807) is 0 Å². The molecule has 2 unspecified atom stereocenters. The highest BCUT2D eigenvalue weighted by atomic mass is 35.5. The van der Waals surface area contributed by atoms with E-state index in [0.29, 0.717) is 17.9 Å². The number of likely N-dealkylation sites (N-methyl/N-ethyl adjacent to an activating group) is 1. The van der Waals surface area contributed by atoms with E-state index in [9.17, 15) is 4.79 Å². The van der Waals surface area contributed by atoms with Crippen LogP contribution < -0.4 is 5.32 Å². The zero-order chi connectivity index (χ0) is 19.9. The topological polar surface area (TPSA) is 35.6 Å². The predicted molar refractivity (Wildman–Crippen MR) is 117 cm³/mol. The molecule has 2 atom stereocenters. The number of hydrogen-bond acceptors (Lipinski definition) is 3. The first-order valence-electron chi connectivity index (χ1n) is 11.1. The van der Waals surface area contributed by atoms with Crippen LogP contribution in [0, 0.1) is 5.92 Å². The molecule has 2 heterocycles. The minimum atomic E-state index is -0.000570. The highest BCUT2D eigenvalue weighted by Crippen LogP contribution is 2.27. The van der Waals surface area contributed by atoms with Gasteiger partial charge in [-0.25, -0.2) is 0 Å². The van der Waals surface area contributed by atoms with Crippen LogP contribution >= 0.6 is 11.6 Å². The normalized spacial score (nSPS) is 20.9. The number of carbonyl (C=O) groups is 1. The van der Waals surface area contributed by atoms with Crippen LogP contribution in [0.3, 0.4) is 0 Å². The van der Waals surface area contributed by atoms with Crippen LogP contribution in [-0.4, -0.2) is 60.5 Å². The van der Waals surface area contributed by atoms with Crippen molar-refractivity contribution in [3.05, 3.63) is 34.9 Å². The number of likely N-dealkylation sites (tertiary alicyclic amines) is 1. The van der Waals surface area contributed by atoms with Crippen molar-refractivity contribution >= 4 is 17.5 Å². The third-order valence-corrected chi connectivity index (χ3v) is 6.69. The van der Waals surface area contributed by atoms with E-state index < -0.39 is 0 Å². The smallest absolute Gasteiger partial charge is 0.240 e. The van der Waals surface area contributed by atoms with E-state index in [1.165, 1.54) is 12.0 Å². The number of amides is 1. The van der Waals surface area contributed by atoms with Gasteiger partial charge in [0.05, 0.1) is 6.04 Å². The molecule has 3 rings (SSSR count). The van der Waals surface area contributed by atoms with Crippen LogP contribution in [0.1, 0.15) is 51.5 Å². The summed E-state index contributed by atoms with van der Waals surface area (Å²) in [6.45, 7) is 9.27. The molecule has 2 saturated heterocycles. The molecule has 1 amide bonds. The van der Waals surface area contributed by atoms with E-state index in [1.807, 2.05) is 12.1 Å². The van der Waals surface area contributed by atoms with E-state index in [-0.39, 0.29) is 6.04 Å². The number of nitrogens with one attached hydrogen (secondary N) is 1. The van der Waals surface area contributed by atoms with Crippen LogP contribution in [0.25, 0.3) is 0 Å². The van der Waals surface area contributed by atoms with Crippen molar-refractivity contribution in [2.45, 2.75) is 64.5 Å². The molecule has 1 N–H and O–H groups in total. The average Bonchev–Trinajstić information content (AvgIpc) is 2.72. The van der Waals surface area contributed by atoms with Gasteiger partial charge in [-0.3, -0.25) is 9.69 Å². The fourth-order valence-corrected chi connectivity index (χ4v) is 5.19. The molecule has 0 saturated carbocycles. The summed E-state index contributed by atoms with van der Waals surface area (Å²) in [4.78, 5) is 18.3. The summed E-state index contributed by atoms with van der Waals surface area (Å²) in [7, 11) is 0. The molecule has 5 heteroatoms. The molecule has 4 nitrogen and oxygen atoms in total. The van der Waals surface area contributed by atoms with Crippen LogP contribution in [0.4, 0.5) is 0 Å². The van der Waals surface area contributed by atoms with E-state index >= 15 is 0 Å². The minimum Gasteiger partial charge on any atom is -0.341 e. The Morgan fingerprint density at radius 3 is 2.61 bits per heavy atom. The van der Waals surface area contributed by atoms with Gasteiger partial charge in [0.2, 0.25) is 5.91 Å². The largest absolute Gasteiger partial charge is 0.341 e. The first-order valence-corrected chi connectivity index (χ1v) is 11.5. The summed E-state index contributed by atoms with van der Waals surface area (Å²) in [5.41, 5.74) is 1.24. The van der Waals surface area contributed by atoms with Crippen molar-refractivity contribution in [1.29, 1.82) is 0 Å². The quantitative estimate of drug-likeness (QED) is 0.745. The van der Waals surface area contributed by atoms with Crippen molar-refractivity contribution in [1.82, 2.24) is 15.1 Å². The van der Waals surface area contributed by atoms with Gasteiger partial charge >= 0.3 is 0 Å². The molecule has 2 aliphatic rings. The molecule has 0 radical (unpaired) electrons. The molecule has 2 fully saturated rings. The Balaban J connectivity index is 1.79. The van der Waals surface area contributed by atoms with E-state index in [0.717, 1.165) is 69.9 Å². The number of carbonyl (C=O) groups excluding carboxylic acids is 1. The van der Waals surface area contributed by atoms with E-state index in [2.05, 4.69) is 41.1 Å². The second-order valence-electron chi connectivity index (χ2n) is 8.43.